The van der Waals surface area contributed by atoms with Crippen LogP contribution in [-0.2, 0) is 4.79 Å². The molecule has 0 spiro atoms. The molecule has 1 amide bonds. The highest BCUT2D eigenvalue weighted by Crippen LogP contribution is 2.32. The van der Waals surface area contributed by atoms with Crippen molar-refractivity contribution in [2.45, 2.75) is 40.7 Å². The van der Waals surface area contributed by atoms with Crippen molar-refractivity contribution in [1.29, 1.82) is 5.26 Å². The summed E-state index contributed by atoms with van der Waals surface area (Å²) in [5.74, 6) is -0.250. The van der Waals surface area contributed by atoms with E-state index in [0.717, 1.165) is 10.4 Å². The maximum atomic E-state index is 12.0. The lowest BCUT2D eigenvalue weighted by molar-refractivity contribution is -0.119. The van der Waals surface area contributed by atoms with E-state index in [2.05, 4.69) is 11.4 Å². The van der Waals surface area contributed by atoms with E-state index in [0.29, 0.717) is 10.6 Å². The molecular formula is C13H19N3OS. The van der Waals surface area contributed by atoms with Gasteiger partial charge in [-0.05, 0) is 24.8 Å². The quantitative estimate of drug-likeness (QED) is 0.862. The van der Waals surface area contributed by atoms with E-state index < -0.39 is 6.04 Å². The number of hydrogen-bond donors (Lipinski definition) is 2. The number of thiophene rings is 1. The summed E-state index contributed by atoms with van der Waals surface area (Å²) in [5.41, 5.74) is 7.03. The number of rotatable bonds is 2. The largest absolute Gasteiger partial charge is 0.319 e. The van der Waals surface area contributed by atoms with Crippen LogP contribution in [0, 0.1) is 30.6 Å². The normalized spacial score (nSPS) is 12.9. The Kier molecular flexibility index (Phi) is 4.15. The number of nitriles is 1. The summed E-state index contributed by atoms with van der Waals surface area (Å²) >= 11 is 1.41. The second kappa shape index (κ2) is 5.09. The van der Waals surface area contributed by atoms with Crippen LogP contribution in [0.15, 0.2) is 0 Å². The Hall–Kier alpha value is -1.38. The molecule has 1 heterocycles. The number of carbonyl (C=O) groups excluding carboxylic acids is 1. The van der Waals surface area contributed by atoms with Gasteiger partial charge in [0.05, 0.1) is 11.6 Å². The molecule has 1 unspecified atom stereocenters. The first-order valence-corrected chi connectivity index (χ1v) is 6.56. The van der Waals surface area contributed by atoms with Crippen LogP contribution in [0.1, 0.15) is 36.8 Å². The van der Waals surface area contributed by atoms with Gasteiger partial charge in [0.15, 0.2) is 0 Å². The average Bonchev–Trinajstić information content (AvgIpc) is 2.51. The van der Waals surface area contributed by atoms with Gasteiger partial charge in [-0.25, -0.2) is 0 Å². The van der Waals surface area contributed by atoms with Gasteiger partial charge in [-0.3, -0.25) is 4.79 Å². The van der Waals surface area contributed by atoms with Gasteiger partial charge >= 0.3 is 0 Å². The number of amides is 1. The second-order valence-electron chi connectivity index (χ2n) is 5.43. The van der Waals surface area contributed by atoms with Crippen molar-refractivity contribution in [2.75, 3.05) is 5.32 Å². The van der Waals surface area contributed by atoms with E-state index in [1.807, 2.05) is 34.6 Å². The maximum Gasteiger partial charge on any atom is 0.242 e. The van der Waals surface area contributed by atoms with E-state index in [1.165, 1.54) is 11.3 Å². The first-order chi connectivity index (χ1) is 8.18. The first-order valence-electron chi connectivity index (χ1n) is 5.75. The maximum absolute atomic E-state index is 12.0. The Labute approximate surface area is 112 Å². The molecule has 18 heavy (non-hydrogen) atoms. The Morgan fingerprint density at radius 2 is 2.00 bits per heavy atom. The molecule has 1 aromatic rings. The van der Waals surface area contributed by atoms with Gasteiger partial charge in [0.25, 0.3) is 0 Å². The van der Waals surface area contributed by atoms with Gasteiger partial charge < -0.3 is 11.1 Å². The fraction of sp³-hybridized carbons (Fsp3) is 0.538. The SMILES string of the molecule is Cc1sc(NC(=O)C(N)C(C)(C)C)c(C#N)c1C. The van der Waals surface area contributed by atoms with Gasteiger partial charge in [-0.15, -0.1) is 11.3 Å². The molecule has 1 rings (SSSR count). The molecule has 0 aliphatic rings. The van der Waals surface area contributed by atoms with Crippen molar-refractivity contribution in [2.24, 2.45) is 11.1 Å². The number of nitrogens with two attached hydrogens (primary N) is 1. The molecular weight excluding hydrogens is 246 g/mol. The molecule has 0 aromatic carbocycles. The molecule has 3 N–H and O–H groups in total. The Morgan fingerprint density at radius 1 is 1.44 bits per heavy atom. The lowest BCUT2D eigenvalue weighted by Gasteiger charge is -2.25. The topological polar surface area (TPSA) is 78.9 Å². The van der Waals surface area contributed by atoms with Crippen LogP contribution in [0.5, 0.6) is 0 Å². The summed E-state index contributed by atoms with van der Waals surface area (Å²) in [7, 11) is 0. The zero-order valence-electron chi connectivity index (χ0n) is 11.4. The lowest BCUT2D eigenvalue weighted by atomic mass is 9.87. The standard InChI is InChI=1S/C13H19N3OS/c1-7-8(2)18-12(9(7)6-14)16-11(17)10(15)13(3,4)5/h10H,15H2,1-5H3,(H,16,17). The molecule has 0 saturated heterocycles. The minimum absolute atomic E-state index is 0.250. The van der Waals surface area contributed by atoms with Crippen LogP contribution in [0.25, 0.3) is 0 Å². The van der Waals surface area contributed by atoms with Crippen LogP contribution in [0.2, 0.25) is 0 Å². The predicted molar refractivity (Wildman–Crippen MR) is 74.6 cm³/mol. The van der Waals surface area contributed by atoms with Crippen LogP contribution >= 0.6 is 11.3 Å². The van der Waals surface area contributed by atoms with Gasteiger partial charge in [-0.2, -0.15) is 5.26 Å². The summed E-state index contributed by atoms with van der Waals surface area (Å²) < 4.78 is 0. The number of nitrogens with one attached hydrogen (secondary N) is 1. The number of anilines is 1. The molecule has 0 aliphatic carbocycles. The van der Waals surface area contributed by atoms with Gasteiger partial charge in [0, 0.05) is 4.88 Å². The molecule has 5 heteroatoms. The van der Waals surface area contributed by atoms with Crippen LogP contribution in [-0.4, -0.2) is 11.9 Å². The molecule has 1 atom stereocenters. The van der Waals surface area contributed by atoms with Gasteiger partial charge in [-0.1, -0.05) is 20.8 Å². The van der Waals surface area contributed by atoms with E-state index in [1.54, 1.807) is 0 Å². The molecule has 0 fully saturated rings. The summed E-state index contributed by atoms with van der Waals surface area (Å²) in [6.45, 7) is 9.54. The van der Waals surface area contributed by atoms with Crippen LogP contribution < -0.4 is 11.1 Å². The fourth-order valence-corrected chi connectivity index (χ4v) is 2.45. The van der Waals surface area contributed by atoms with Gasteiger partial charge in [0.1, 0.15) is 11.1 Å². The Morgan fingerprint density at radius 3 is 2.44 bits per heavy atom. The monoisotopic (exact) mass is 265 g/mol. The third-order valence-corrected chi connectivity index (χ3v) is 4.07. The second-order valence-corrected chi connectivity index (χ2v) is 6.66. The van der Waals surface area contributed by atoms with Crippen molar-refractivity contribution < 1.29 is 4.79 Å². The van der Waals surface area contributed by atoms with E-state index in [9.17, 15) is 4.79 Å². The van der Waals surface area contributed by atoms with E-state index in [4.69, 9.17) is 11.0 Å². The summed E-state index contributed by atoms with van der Waals surface area (Å²) in [4.78, 5) is 13.0. The average molecular weight is 265 g/mol. The van der Waals surface area contributed by atoms with Crippen molar-refractivity contribution in [3.63, 3.8) is 0 Å². The number of carbonyl (C=O) groups is 1. The van der Waals surface area contributed by atoms with E-state index in [-0.39, 0.29) is 11.3 Å². The minimum atomic E-state index is -0.605. The molecule has 1 aromatic heterocycles. The third kappa shape index (κ3) is 2.89. The zero-order valence-corrected chi connectivity index (χ0v) is 12.2. The molecule has 0 bridgehead atoms. The Bertz CT molecular complexity index is 506. The molecule has 0 radical (unpaired) electrons. The highest BCUT2D eigenvalue weighted by atomic mass is 32.1. The highest BCUT2D eigenvalue weighted by Gasteiger charge is 2.28. The van der Waals surface area contributed by atoms with Crippen LogP contribution in [0.4, 0.5) is 5.00 Å². The fourth-order valence-electron chi connectivity index (χ4n) is 1.43. The number of hydrogen-bond acceptors (Lipinski definition) is 4. The van der Waals surface area contributed by atoms with Crippen LogP contribution in [0.3, 0.4) is 0 Å². The lowest BCUT2D eigenvalue weighted by Crippen LogP contribution is -2.45. The molecule has 98 valence electrons. The number of nitrogens with zero attached hydrogens (tertiary/aromatic N) is 1. The Balaban J connectivity index is 2.97. The smallest absolute Gasteiger partial charge is 0.242 e. The van der Waals surface area contributed by atoms with Gasteiger partial charge in [0.2, 0.25) is 5.91 Å². The molecule has 0 saturated carbocycles. The van der Waals surface area contributed by atoms with E-state index >= 15 is 0 Å². The summed E-state index contributed by atoms with van der Waals surface area (Å²) in [6.07, 6.45) is 0. The third-order valence-electron chi connectivity index (χ3n) is 2.95. The molecule has 0 aliphatic heterocycles. The van der Waals surface area contributed by atoms with Crippen molar-refractivity contribution in [3.05, 3.63) is 16.0 Å². The number of aryl methyl sites for hydroxylation is 1. The highest BCUT2D eigenvalue weighted by molar-refractivity contribution is 7.16. The summed E-state index contributed by atoms with van der Waals surface area (Å²) in [6, 6.07) is 1.52. The van der Waals surface area contributed by atoms with Crippen molar-refractivity contribution >= 4 is 22.2 Å². The zero-order chi connectivity index (χ0) is 14.1. The van der Waals surface area contributed by atoms with Crippen molar-refractivity contribution in [1.82, 2.24) is 0 Å². The summed E-state index contributed by atoms with van der Waals surface area (Å²) in [5, 5.41) is 12.5. The predicted octanol–water partition coefficient (Wildman–Crippen LogP) is 2.55. The minimum Gasteiger partial charge on any atom is -0.319 e. The first kappa shape index (κ1) is 14.7. The molecule has 4 nitrogen and oxygen atoms in total. The van der Waals surface area contributed by atoms with Crippen molar-refractivity contribution in [3.8, 4) is 6.07 Å².